The maximum Gasteiger partial charge on any atom is 0.139 e. The van der Waals surface area contributed by atoms with Gasteiger partial charge in [0.15, 0.2) is 0 Å². The van der Waals surface area contributed by atoms with Crippen LogP contribution in [0.2, 0.25) is 0 Å². The highest BCUT2D eigenvalue weighted by Crippen LogP contribution is 2.35. The summed E-state index contributed by atoms with van der Waals surface area (Å²) in [5, 5.41) is 3.35. The first-order valence-electron chi connectivity index (χ1n) is 6.90. The molecule has 0 aromatic carbocycles. The largest absolute Gasteiger partial charge is 0.317 e. The van der Waals surface area contributed by atoms with E-state index in [2.05, 4.69) is 23.3 Å². The van der Waals surface area contributed by atoms with Crippen LogP contribution in [0.3, 0.4) is 0 Å². The van der Waals surface area contributed by atoms with Crippen LogP contribution in [0.25, 0.3) is 0 Å². The molecule has 0 unspecified atom stereocenters. The Bertz CT molecular complexity index is 383. The van der Waals surface area contributed by atoms with Crippen molar-refractivity contribution in [2.24, 2.45) is 5.41 Å². The topological polar surface area (TPSA) is 42.0 Å². The Balaban J connectivity index is 2.16. The summed E-state index contributed by atoms with van der Waals surface area (Å²) in [4.78, 5) is 16.6. The summed E-state index contributed by atoms with van der Waals surface area (Å²) < 4.78 is 0. The molecule has 0 atom stereocenters. The Morgan fingerprint density at radius 3 is 2.83 bits per heavy atom. The highest BCUT2D eigenvalue weighted by Gasteiger charge is 2.38. The molecule has 0 spiro atoms. The molecule has 3 heteroatoms. The SMILES string of the molecule is CCCC(=O)C1(Cc2cccnc2)CCNCC1. The molecular weight excluding hydrogens is 224 g/mol. The second kappa shape index (κ2) is 6.10. The molecule has 0 amide bonds. The van der Waals surface area contributed by atoms with Crippen LogP contribution in [-0.4, -0.2) is 23.9 Å². The fraction of sp³-hybridized carbons (Fsp3) is 0.600. The van der Waals surface area contributed by atoms with Crippen LogP contribution in [0.15, 0.2) is 24.5 Å². The molecule has 1 N–H and O–H groups in total. The van der Waals surface area contributed by atoms with Gasteiger partial charge in [-0.05, 0) is 50.4 Å². The third-order valence-electron chi connectivity index (χ3n) is 3.89. The van der Waals surface area contributed by atoms with E-state index in [1.165, 1.54) is 5.56 Å². The van der Waals surface area contributed by atoms with Gasteiger partial charge in [0.05, 0.1) is 0 Å². The molecule has 1 fully saturated rings. The molecule has 3 nitrogen and oxygen atoms in total. The van der Waals surface area contributed by atoms with Gasteiger partial charge >= 0.3 is 0 Å². The van der Waals surface area contributed by atoms with E-state index in [-0.39, 0.29) is 5.41 Å². The molecule has 1 aliphatic rings. The molecule has 0 radical (unpaired) electrons. The van der Waals surface area contributed by atoms with E-state index < -0.39 is 0 Å². The quantitative estimate of drug-likeness (QED) is 0.867. The Morgan fingerprint density at radius 2 is 2.22 bits per heavy atom. The Kier molecular flexibility index (Phi) is 4.48. The molecule has 98 valence electrons. The summed E-state index contributed by atoms with van der Waals surface area (Å²) in [7, 11) is 0. The van der Waals surface area contributed by atoms with Crippen LogP contribution in [0.5, 0.6) is 0 Å². The maximum atomic E-state index is 12.5. The van der Waals surface area contributed by atoms with Crippen LogP contribution in [0.1, 0.15) is 38.2 Å². The maximum absolute atomic E-state index is 12.5. The molecule has 1 aromatic rings. The van der Waals surface area contributed by atoms with Crippen molar-refractivity contribution >= 4 is 5.78 Å². The molecule has 0 bridgehead atoms. The number of piperidine rings is 1. The second-order valence-electron chi connectivity index (χ2n) is 5.24. The smallest absolute Gasteiger partial charge is 0.139 e. The minimum Gasteiger partial charge on any atom is -0.317 e. The van der Waals surface area contributed by atoms with Gasteiger partial charge in [-0.2, -0.15) is 0 Å². The normalized spacial score (nSPS) is 18.5. The van der Waals surface area contributed by atoms with Gasteiger partial charge in [0.25, 0.3) is 0 Å². The lowest BCUT2D eigenvalue weighted by Gasteiger charge is -2.36. The number of carbonyl (C=O) groups is 1. The summed E-state index contributed by atoms with van der Waals surface area (Å²) in [5.74, 6) is 0.440. The van der Waals surface area contributed by atoms with E-state index in [9.17, 15) is 4.79 Å². The van der Waals surface area contributed by atoms with Crippen molar-refractivity contribution < 1.29 is 4.79 Å². The molecule has 1 saturated heterocycles. The van der Waals surface area contributed by atoms with Crippen LogP contribution < -0.4 is 5.32 Å². The highest BCUT2D eigenvalue weighted by molar-refractivity contribution is 5.85. The van der Waals surface area contributed by atoms with Gasteiger partial charge in [-0.3, -0.25) is 9.78 Å². The van der Waals surface area contributed by atoms with Crippen LogP contribution in [-0.2, 0) is 11.2 Å². The summed E-state index contributed by atoms with van der Waals surface area (Å²) >= 11 is 0. The van der Waals surface area contributed by atoms with Gasteiger partial charge in [0, 0.05) is 24.2 Å². The molecule has 1 aliphatic heterocycles. The molecule has 2 rings (SSSR count). The zero-order valence-corrected chi connectivity index (χ0v) is 11.1. The molecule has 18 heavy (non-hydrogen) atoms. The van der Waals surface area contributed by atoms with Crippen LogP contribution >= 0.6 is 0 Å². The van der Waals surface area contributed by atoms with Crippen molar-refractivity contribution in [1.82, 2.24) is 10.3 Å². The number of hydrogen-bond acceptors (Lipinski definition) is 3. The van der Waals surface area contributed by atoms with Crippen molar-refractivity contribution in [2.75, 3.05) is 13.1 Å². The Morgan fingerprint density at radius 1 is 1.44 bits per heavy atom. The number of nitrogens with one attached hydrogen (secondary N) is 1. The summed E-state index contributed by atoms with van der Waals surface area (Å²) in [6.45, 7) is 3.99. The predicted molar refractivity (Wildman–Crippen MR) is 72.4 cm³/mol. The lowest BCUT2D eigenvalue weighted by molar-refractivity contribution is -0.130. The minimum atomic E-state index is -0.149. The molecule has 2 heterocycles. The third-order valence-corrected chi connectivity index (χ3v) is 3.89. The molecule has 0 saturated carbocycles. The zero-order valence-electron chi connectivity index (χ0n) is 11.1. The summed E-state index contributed by atoms with van der Waals surface area (Å²) in [6, 6.07) is 4.03. The first-order chi connectivity index (χ1) is 8.77. The number of pyridine rings is 1. The van der Waals surface area contributed by atoms with Crippen molar-refractivity contribution in [2.45, 2.75) is 39.0 Å². The lowest BCUT2D eigenvalue weighted by Crippen LogP contribution is -2.43. The fourth-order valence-electron chi connectivity index (χ4n) is 2.85. The van der Waals surface area contributed by atoms with Gasteiger partial charge in [0.2, 0.25) is 0 Å². The van der Waals surface area contributed by atoms with Gasteiger partial charge in [0.1, 0.15) is 5.78 Å². The first-order valence-corrected chi connectivity index (χ1v) is 6.90. The summed E-state index contributed by atoms with van der Waals surface area (Å²) in [5.41, 5.74) is 1.04. The van der Waals surface area contributed by atoms with Gasteiger partial charge in [-0.1, -0.05) is 13.0 Å². The highest BCUT2D eigenvalue weighted by atomic mass is 16.1. The van der Waals surface area contributed by atoms with Crippen LogP contribution in [0.4, 0.5) is 0 Å². The average molecular weight is 246 g/mol. The number of aromatic nitrogens is 1. The standard InChI is InChI=1S/C15H22N2O/c1-2-4-14(18)15(6-9-16-10-7-15)11-13-5-3-8-17-12-13/h3,5,8,12,16H,2,4,6-7,9-11H2,1H3. The van der Waals surface area contributed by atoms with E-state index in [1.807, 2.05) is 12.3 Å². The van der Waals surface area contributed by atoms with E-state index in [0.29, 0.717) is 12.2 Å². The number of nitrogens with zero attached hydrogens (tertiary/aromatic N) is 1. The second-order valence-corrected chi connectivity index (χ2v) is 5.24. The lowest BCUT2D eigenvalue weighted by atomic mass is 9.70. The number of carbonyl (C=O) groups excluding carboxylic acids is 1. The van der Waals surface area contributed by atoms with E-state index in [1.54, 1.807) is 6.20 Å². The number of hydrogen-bond donors (Lipinski definition) is 1. The van der Waals surface area contributed by atoms with Gasteiger partial charge < -0.3 is 5.32 Å². The monoisotopic (exact) mass is 246 g/mol. The van der Waals surface area contributed by atoms with E-state index in [0.717, 1.165) is 38.8 Å². The Labute approximate surface area is 109 Å². The number of rotatable bonds is 5. The third kappa shape index (κ3) is 2.96. The Hall–Kier alpha value is -1.22. The van der Waals surface area contributed by atoms with Crippen molar-refractivity contribution in [1.29, 1.82) is 0 Å². The molecule has 1 aromatic heterocycles. The number of Topliss-reactive ketones (excluding diaryl/α,β-unsaturated/α-hetero) is 1. The first kappa shape index (κ1) is 13.2. The molecule has 0 aliphatic carbocycles. The summed E-state index contributed by atoms with van der Waals surface area (Å²) in [6.07, 6.45) is 8.10. The van der Waals surface area contributed by atoms with Crippen molar-refractivity contribution in [3.8, 4) is 0 Å². The fourth-order valence-corrected chi connectivity index (χ4v) is 2.85. The average Bonchev–Trinajstić information content (AvgIpc) is 2.41. The van der Waals surface area contributed by atoms with Gasteiger partial charge in [-0.25, -0.2) is 0 Å². The zero-order chi connectivity index (χ0) is 12.8. The molecular formula is C15H22N2O. The van der Waals surface area contributed by atoms with Crippen molar-refractivity contribution in [3.63, 3.8) is 0 Å². The predicted octanol–water partition coefficient (Wildman–Crippen LogP) is 2.36. The van der Waals surface area contributed by atoms with E-state index >= 15 is 0 Å². The van der Waals surface area contributed by atoms with Gasteiger partial charge in [-0.15, -0.1) is 0 Å². The minimum absolute atomic E-state index is 0.149. The van der Waals surface area contributed by atoms with Crippen molar-refractivity contribution in [3.05, 3.63) is 30.1 Å². The van der Waals surface area contributed by atoms with Crippen LogP contribution in [0, 0.1) is 5.41 Å². The number of ketones is 1. The van der Waals surface area contributed by atoms with E-state index in [4.69, 9.17) is 0 Å².